The second-order valence-electron chi connectivity index (χ2n) is 6.11. The third kappa shape index (κ3) is 6.64. The second kappa shape index (κ2) is 10.3. The molecule has 8 heteroatoms. The summed E-state index contributed by atoms with van der Waals surface area (Å²) in [5, 5.41) is 6.38. The molecule has 1 saturated heterocycles. The average molecular weight is 375 g/mol. The van der Waals surface area contributed by atoms with Gasteiger partial charge in [0.25, 0.3) is 0 Å². The quantitative estimate of drug-likeness (QED) is 0.401. The SMILES string of the molecule is CN=C(NCCC1=CCCCC1)NCCS(=O)(=O)N1CCSCC1. The van der Waals surface area contributed by atoms with Gasteiger partial charge in [0.05, 0.1) is 5.75 Å². The van der Waals surface area contributed by atoms with Gasteiger partial charge >= 0.3 is 0 Å². The maximum Gasteiger partial charge on any atom is 0.215 e. The van der Waals surface area contributed by atoms with Gasteiger partial charge in [-0.15, -0.1) is 0 Å². The molecule has 1 heterocycles. The Morgan fingerprint density at radius 3 is 2.67 bits per heavy atom. The number of guanidine groups is 1. The van der Waals surface area contributed by atoms with Crippen LogP contribution in [0.4, 0.5) is 0 Å². The number of rotatable bonds is 7. The molecule has 6 nitrogen and oxygen atoms in total. The Hall–Kier alpha value is -0.730. The van der Waals surface area contributed by atoms with Crippen LogP contribution < -0.4 is 10.6 Å². The lowest BCUT2D eigenvalue weighted by Crippen LogP contribution is -2.44. The molecule has 1 fully saturated rings. The van der Waals surface area contributed by atoms with E-state index in [2.05, 4.69) is 21.7 Å². The maximum absolute atomic E-state index is 12.3. The van der Waals surface area contributed by atoms with Crippen molar-refractivity contribution >= 4 is 27.7 Å². The number of allylic oxidation sites excluding steroid dienone is 1. The Labute approximate surface area is 150 Å². The molecular weight excluding hydrogens is 344 g/mol. The summed E-state index contributed by atoms with van der Waals surface area (Å²) in [5.74, 6) is 2.58. The van der Waals surface area contributed by atoms with Crippen LogP contribution in [0.3, 0.4) is 0 Å². The lowest BCUT2D eigenvalue weighted by Gasteiger charge is -2.25. The van der Waals surface area contributed by atoms with Gasteiger partial charge in [-0.05, 0) is 32.1 Å². The topological polar surface area (TPSA) is 73.8 Å². The molecule has 0 bridgehead atoms. The summed E-state index contributed by atoms with van der Waals surface area (Å²) in [4.78, 5) is 4.17. The van der Waals surface area contributed by atoms with Crippen LogP contribution >= 0.6 is 11.8 Å². The fraction of sp³-hybridized carbons (Fsp3) is 0.812. The summed E-state index contributed by atoms with van der Waals surface area (Å²) < 4.78 is 26.2. The monoisotopic (exact) mass is 374 g/mol. The minimum Gasteiger partial charge on any atom is -0.356 e. The fourth-order valence-corrected chi connectivity index (χ4v) is 5.44. The summed E-state index contributed by atoms with van der Waals surface area (Å²) >= 11 is 1.81. The largest absolute Gasteiger partial charge is 0.356 e. The van der Waals surface area contributed by atoms with E-state index >= 15 is 0 Å². The van der Waals surface area contributed by atoms with Crippen molar-refractivity contribution in [1.29, 1.82) is 0 Å². The third-order valence-corrected chi connectivity index (χ3v) is 7.18. The van der Waals surface area contributed by atoms with E-state index < -0.39 is 10.0 Å². The molecule has 0 aromatic rings. The van der Waals surface area contributed by atoms with Crippen LogP contribution in [0.15, 0.2) is 16.6 Å². The number of nitrogens with zero attached hydrogens (tertiary/aromatic N) is 2. The Balaban J connectivity index is 1.66. The zero-order chi connectivity index (χ0) is 17.3. The molecule has 138 valence electrons. The van der Waals surface area contributed by atoms with Gasteiger partial charge in [-0.3, -0.25) is 4.99 Å². The molecule has 0 aromatic heterocycles. The molecule has 2 rings (SSSR count). The van der Waals surface area contributed by atoms with Crippen LogP contribution in [0.1, 0.15) is 32.1 Å². The number of aliphatic imine (C=N–C) groups is 1. The van der Waals surface area contributed by atoms with Gasteiger partial charge in [0.1, 0.15) is 0 Å². The molecule has 0 amide bonds. The van der Waals surface area contributed by atoms with Crippen molar-refractivity contribution < 1.29 is 8.42 Å². The average Bonchev–Trinajstić information content (AvgIpc) is 2.62. The highest BCUT2D eigenvalue weighted by atomic mass is 32.2. The van der Waals surface area contributed by atoms with E-state index in [0.717, 1.165) is 24.5 Å². The van der Waals surface area contributed by atoms with E-state index in [9.17, 15) is 8.42 Å². The van der Waals surface area contributed by atoms with Gasteiger partial charge in [0.2, 0.25) is 10.0 Å². The summed E-state index contributed by atoms with van der Waals surface area (Å²) in [6.45, 7) is 2.49. The molecule has 0 unspecified atom stereocenters. The van der Waals surface area contributed by atoms with Crippen molar-refractivity contribution in [2.45, 2.75) is 32.1 Å². The molecular formula is C16H30N4O2S2. The van der Waals surface area contributed by atoms with E-state index in [0.29, 0.717) is 25.6 Å². The van der Waals surface area contributed by atoms with Crippen molar-refractivity contribution in [3.63, 3.8) is 0 Å². The fourth-order valence-electron chi connectivity index (χ4n) is 2.95. The van der Waals surface area contributed by atoms with Gasteiger partial charge in [0.15, 0.2) is 5.96 Å². The van der Waals surface area contributed by atoms with Gasteiger partial charge in [0, 0.05) is 44.7 Å². The summed E-state index contributed by atoms with van der Waals surface area (Å²) in [6, 6.07) is 0. The number of hydrogen-bond acceptors (Lipinski definition) is 4. The van der Waals surface area contributed by atoms with E-state index in [1.54, 1.807) is 11.4 Å². The molecule has 2 N–H and O–H groups in total. The predicted molar refractivity (Wildman–Crippen MR) is 103 cm³/mol. The van der Waals surface area contributed by atoms with Gasteiger partial charge < -0.3 is 10.6 Å². The minimum atomic E-state index is -3.16. The van der Waals surface area contributed by atoms with Crippen LogP contribution in [0.25, 0.3) is 0 Å². The van der Waals surface area contributed by atoms with Crippen molar-refractivity contribution in [2.75, 3.05) is 50.5 Å². The van der Waals surface area contributed by atoms with E-state index in [1.807, 2.05) is 11.8 Å². The maximum atomic E-state index is 12.3. The Morgan fingerprint density at radius 1 is 1.25 bits per heavy atom. The molecule has 0 aromatic carbocycles. The first-order valence-corrected chi connectivity index (χ1v) is 11.6. The molecule has 1 aliphatic heterocycles. The van der Waals surface area contributed by atoms with E-state index in [4.69, 9.17) is 0 Å². The van der Waals surface area contributed by atoms with Crippen molar-refractivity contribution in [1.82, 2.24) is 14.9 Å². The second-order valence-corrected chi connectivity index (χ2v) is 9.42. The predicted octanol–water partition coefficient (Wildman–Crippen LogP) is 1.42. The highest BCUT2D eigenvalue weighted by molar-refractivity contribution is 7.99. The Bertz CT molecular complexity index is 540. The zero-order valence-electron chi connectivity index (χ0n) is 14.6. The number of nitrogens with one attached hydrogen (secondary N) is 2. The zero-order valence-corrected chi connectivity index (χ0v) is 16.2. The van der Waals surface area contributed by atoms with Gasteiger partial charge in [-0.2, -0.15) is 11.8 Å². The lowest BCUT2D eigenvalue weighted by molar-refractivity contribution is 0.443. The first-order valence-electron chi connectivity index (χ1n) is 8.80. The van der Waals surface area contributed by atoms with Crippen molar-refractivity contribution in [3.05, 3.63) is 11.6 Å². The van der Waals surface area contributed by atoms with Crippen LogP contribution in [0.5, 0.6) is 0 Å². The summed E-state index contributed by atoms with van der Waals surface area (Å²) in [7, 11) is -1.45. The smallest absolute Gasteiger partial charge is 0.215 e. The van der Waals surface area contributed by atoms with E-state index in [1.165, 1.54) is 31.3 Å². The summed E-state index contributed by atoms with van der Waals surface area (Å²) in [6.07, 6.45) is 8.40. The first kappa shape index (κ1) is 19.6. The normalized spacial score (nSPS) is 20.5. The van der Waals surface area contributed by atoms with Crippen molar-refractivity contribution in [2.24, 2.45) is 4.99 Å². The van der Waals surface area contributed by atoms with Crippen molar-refractivity contribution in [3.8, 4) is 0 Å². The molecule has 0 saturated carbocycles. The minimum absolute atomic E-state index is 0.115. The molecule has 0 atom stereocenters. The molecule has 0 spiro atoms. The number of thioether (sulfide) groups is 1. The molecule has 0 radical (unpaired) electrons. The number of sulfonamides is 1. The van der Waals surface area contributed by atoms with Crippen LogP contribution in [-0.4, -0.2) is 69.2 Å². The highest BCUT2D eigenvalue weighted by Crippen LogP contribution is 2.19. The van der Waals surface area contributed by atoms with Gasteiger partial charge in [-0.1, -0.05) is 11.6 Å². The molecule has 1 aliphatic carbocycles. The molecule has 2 aliphatic rings. The van der Waals surface area contributed by atoms with Crippen LogP contribution in [0.2, 0.25) is 0 Å². The standard InChI is InChI=1S/C16H30N4O2S2/c1-17-16(18-8-7-15-5-3-2-4-6-15)19-9-14-24(21,22)20-10-12-23-13-11-20/h5H,2-4,6-14H2,1H3,(H2,17,18,19). The van der Waals surface area contributed by atoms with Gasteiger partial charge in [-0.25, -0.2) is 12.7 Å². The Kier molecular flexibility index (Phi) is 8.41. The van der Waals surface area contributed by atoms with E-state index in [-0.39, 0.29) is 5.75 Å². The van der Waals surface area contributed by atoms with Crippen LogP contribution in [-0.2, 0) is 10.0 Å². The number of hydrogen-bond donors (Lipinski definition) is 2. The summed E-state index contributed by atoms with van der Waals surface area (Å²) in [5.41, 5.74) is 1.52. The lowest BCUT2D eigenvalue weighted by atomic mass is 9.97. The molecule has 24 heavy (non-hydrogen) atoms. The first-order chi connectivity index (χ1) is 11.6. The highest BCUT2D eigenvalue weighted by Gasteiger charge is 2.23. The Morgan fingerprint density at radius 2 is 2.00 bits per heavy atom. The van der Waals surface area contributed by atoms with Crippen LogP contribution in [0, 0.1) is 0 Å². The third-order valence-electron chi connectivity index (χ3n) is 4.36.